The van der Waals surface area contributed by atoms with Crippen molar-refractivity contribution in [2.45, 2.75) is 27.2 Å². The topological polar surface area (TPSA) is 65.5 Å². The van der Waals surface area contributed by atoms with Crippen LogP contribution in [0, 0.1) is 6.92 Å². The van der Waals surface area contributed by atoms with Gasteiger partial charge in [-0.15, -0.1) is 0 Å². The molecule has 0 aliphatic carbocycles. The average molecular weight is 377 g/mol. The Morgan fingerprint density at radius 1 is 1.00 bits per heavy atom. The molecule has 144 valence electrons. The molecule has 28 heavy (non-hydrogen) atoms. The summed E-state index contributed by atoms with van der Waals surface area (Å²) >= 11 is 0. The lowest BCUT2D eigenvalue weighted by atomic mass is 10.0. The molecule has 0 N–H and O–H groups in total. The predicted molar refractivity (Wildman–Crippen MR) is 108 cm³/mol. The summed E-state index contributed by atoms with van der Waals surface area (Å²) in [5.41, 5.74) is 3.26. The summed E-state index contributed by atoms with van der Waals surface area (Å²) in [7, 11) is 0. The fourth-order valence-corrected chi connectivity index (χ4v) is 3.16. The third-order valence-corrected chi connectivity index (χ3v) is 4.59. The molecule has 3 rings (SSSR count). The summed E-state index contributed by atoms with van der Waals surface area (Å²) in [5, 5.41) is 0.907. The minimum Gasteiger partial charge on any atom is -0.494 e. The van der Waals surface area contributed by atoms with E-state index in [2.05, 4.69) is 4.98 Å². The normalized spacial score (nSPS) is 10.7. The second-order valence-electron chi connectivity index (χ2n) is 6.39. The van der Waals surface area contributed by atoms with Crippen molar-refractivity contribution in [2.24, 2.45) is 0 Å². The van der Waals surface area contributed by atoms with Gasteiger partial charge in [-0.2, -0.15) is 0 Å². The monoisotopic (exact) mass is 377 g/mol. The van der Waals surface area contributed by atoms with Gasteiger partial charge in [-0.25, -0.2) is 4.79 Å². The number of aromatic nitrogens is 1. The number of rotatable bonds is 7. The largest absolute Gasteiger partial charge is 0.494 e. The van der Waals surface area contributed by atoms with Gasteiger partial charge < -0.3 is 9.47 Å². The van der Waals surface area contributed by atoms with E-state index in [1.807, 2.05) is 45.0 Å². The molecule has 0 atom stereocenters. The van der Waals surface area contributed by atoms with E-state index in [1.54, 1.807) is 24.3 Å². The third-order valence-electron chi connectivity index (χ3n) is 4.59. The van der Waals surface area contributed by atoms with Gasteiger partial charge in [0.1, 0.15) is 5.75 Å². The highest BCUT2D eigenvalue weighted by molar-refractivity contribution is 6.01. The van der Waals surface area contributed by atoms with Gasteiger partial charge in [-0.3, -0.25) is 9.78 Å². The summed E-state index contributed by atoms with van der Waals surface area (Å²) in [6, 6.07) is 14.5. The van der Waals surface area contributed by atoms with E-state index >= 15 is 0 Å². The van der Waals surface area contributed by atoms with Crippen LogP contribution in [0.3, 0.4) is 0 Å². The summed E-state index contributed by atoms with van der Waals surface area (Å²) in [6.07, 6.45) is 0.600. The third kappa shape index (κ3) is 4.03. The SMILES string of the molecule is CCOc1ccc(C(=O)COC(=O)c2c(CC)nc3ccccc3c2C)cc1. The number of pyridine rings is 1. The standard InChI is InChI=1S/C23H23NO4/c1-4-19-22(15(3)18-8-6-7-9-20(18)24-19)23(26)28-14-21(25)16-10-12-17(13-11-16)27-5-2/h6-13H,4-5,14H2,1-3H3. The number of ketones is 1. The van der Waals surface area contributed by atoms with Crippen LogP contribution in [0.25, 0.3) is 10.9 Å². The van der Waals surface area contributed by atoms with Gasteiger partial charge >= 0.3 is 5.97 Å². The zero-order valence-corrected chi connectivity index (χ0v) is 16.3. The van der Waals surface area contributed by atoms with Crippen molar-refractivity contribution >= 4 is 22.7 Å². The molecule has 0 aliphatic heterocycles. The molecule has 0 radical (unpaired) electrons. The van der Waals surface area contributed by atoms with E-state index in [-0.39, 0.29) is 12.4 Å². The van der Waals surface area contributed by atoms with Crippen LogP contribution in [0.5, 0.6) is 5.75 Å². The van der Waals surface area contributed by atoms with Gasteiger partial charge in [0, 0.05) is 10.9 Å². The van der Waals surface area contributed by atoms with Crippen molar-refractivity contribution in [3.8, 4) is 5.75 Å². The number of nitrogens with zero attached hydrogens (tertiary/aromatic N) is 1. The molecule has 0 saturated carbocycles. The van der Waals surface area contributed by atoms with Crippen LogP contribution in [0.15, 0.2) is 48.5 Å². The van der Waals surface area contributed by atoms with Gasteiger partial charge in [0.25, 0.3) is 0 Å². The Kier molecular flexibility index (Phi) is 6.04. The second kappa shape index (κ2) is 8.65. The fraction of sp³-hybridized carbons (Fsp3) is 0.261. The summed E-state index contributed by atoms with van der Waals surface area (Å²) in [5.74, 6) is -0.0887. The maximum absolute atomic E-state index is 12.7. The van der Waals surface area contributed by atoms with Gasteiger partial charge in [-0.05, 0) is 56.2 Å². The Balaban J connectivity index is 1.77. The number of hydrogen-bond donors (Lipinski definition) is 0. The van der Waals surface area contributed by atoms with Crippen LogP contribution in [0.1, 0.15) is 45.8 Å². The lowest BCUT2D eigenvalue weighted by Crippen LogP contribution is -2.17. The molecule has 0 spiro atoms. The number of para-hydroxylation sites is 1. The lowest BCUT2D eigenvalue weighted by molar-refractivity contribution is 0.0472. The van der Waals surface area contributed by atoms with Crippen LogP contribution < -0.4 is 4.74 Å². The molecule has 0 saturated heterocycles. The molecule has 0 aliphatic rings. The van der Waals surface area contributed by atoms with E-state index in [4.69, 9.17) is 9.47 Å². The van der Waals surface area contributed by atoms with E-state index in [1.165, 1.54) is 0 Å². The van der Waals surface area contributed by atoms with Gasteiger partial charge in [0.15, 0.2) is 12.4 Å². The van der Waals surface area contributed by atoms with Crippen LogP contribution in [-0.2, 0) is 11.2 Å². The predicted octanol–water partition coefficient (Wildman–Crippen LogP) is 4.54. The lowest BCUT2D eigenvalue weighted by Gasteiger charge is -2.13. The molecule has 0 amide bonds. The number of carbonyl (C=O) groups excluding carboxylic acids is 2. The Labute approximate surface area is 164 Å². The molecular formula is C23H23NO4. The quantitative estimate of drug-likeness (QED) is 0.447. The van der Waals surface area contributed by atoms with Crippen molar-refractivity contribution in [3.05, 3.63) is 70.9 Å². The zero-order valence-electron chi connectivity index (χ0n) is 16.3. The molecule has 3 aromatic rings. The molecule has 5 nitrogen and oxygen atoms in total. The van der Waals surface area contributed by atoms with E-state index in [0.29, 0.717) is 35.6 Å². The first-order valence-electron chi connectivity index (χ1n) is 9.36. The number of Topliss-reactive ketones (excluding diaryl/α,β-unsaturated/α-hetero) is 1. The number of fused-ring (bicyclic) bond motifs is 1. The van der Waals surface area contributed by atoms with Crippen LogP contribution in [-0.4, -0.2) is 30.0 Å². The van der Waals surface area contributed by atoms with Crippen molar-refractivity contribution in [1.82, 2.24) is 4.98 Å². The van der Waals surface area contributed by atoms with Crippen LogP contribution >= 0.6 is 0 Å². The average Bonchev–Trinajstić information content (AvgIpc) is 2.72. The molecule has 5 heteroatoms. The molecular weight excluding hydrogens is 354 g/mol. The molecule has 1 aromatic heterocycles. The highest BCUT2D eigenvalue weighted by atomic mass is 16.5. The van der Waals surface area contributed by atoms with Gasteiger partial charge in [0.05, 0.1) is 23.4 Å². The number of hydrogen-bond acceptors (Lipinski definition) is 5. The Morgan fingerprint density at radius 3 is 2.39 bits per heavy atom. The van der Waals surface area contributed by atoms with Crippen molar-refractivity contribution in [3.63, 3.8) is 0 Å². The fourth-order valence-electron chi connectivity index (χ4n) is 3.16. The number of benzene rings is 2. The van der Waals surface area contributed by atoms with E-state index < -0.39 is 5.97 Å². The summed E-state index contributed by atoms with van der Waals surface area (Å²) in [6.45, 7) is 5.96. The number of esters is 1. The molecule has 0 bridgehead atoms. The zero-order chi connectivity index (χ0) is 20.1. The smallest absolute Gasteiger partial charge is 0.340 e. The maximum atomic E-state index is 12.7. The number of aryl methyl sites for hydroxylation is 2. The highest BCUT2D eigenvalue weighted by Gasteiger charge is 2.20. The second-order valence-corrected chi connectivity index (χ2v) is 6.39. The first-order chi connectivity index (χ1) is 13.5. The Morgan fingerprint density at radius 2 is 1.71 bits per heavy atom. The first-order valence-corrected chi connectivity index (χ1v) is 9.36. The summed E-state index contributed by atoms with van der Waals surface area (Å²) < 4.78 is 10.7. The number of ether oxygens (including phenoxy) is 2. The van der Waals surface area contributed by atoms with Gasteiger partial charge in [-0.1, -0.05) is 25.1 Å². The number of carbonyl (C=O) groups is 2. The molecule has 0 fully saturated rings. The Hall–Kier alpha value is -3.21. The van der Waals surface area contributed by atoms with Crippen molar-refractivity contribution < 1.29 is 19.1 Å². The molecule has 1 heterocycles. The van der Waals surface area contributed by atoms with Crippen molar-refractivity contribution in [1.29, 1.82) is 0 Å². The highest BCUT2D eigenvalue weighted by Crippen LogP contribution is 2.24. The van der Waals surface area contributed by atoms with Gasteiger partial charge in [0.2, 0.25) is 0 Å². The van der Waals surface area contributed by atoms with Crippen molar-refractivity contribution in [2.75, 3.05) is 13.2 Å². The molecule has 0 unspecified atom stereocenters. The maximum Gasteiger partial charge on any atom is 0.340 e. The summed E-state index contributed by atoms with van der Waals surface area (Å²) in [4.78, 5) is 29.7. The first kappa shape index (κ1) is 19.5. The van der Waals surface area contributed by atoms with E-state index in [9.17, 15) is 9.59 Å². The minimum absolute atomic E-state index is 0.263. The molecule has 2 aromatic carbocycles. The Bertz CT molecular complexity index is 1010. The van der Waals surface area contributed by atoms with Crippen LogP contribution in [0.4, 0.5) is 0 Å². The van der Waals surface area contributed by atoms with Crippen LogP contribution in [0.2, 0.25) is 0 Å². The minimum atomic E-state index is -0.521. The van der Waals surface area contributed by atoms with E-state index in [0.717, 1.165) is 16.5 Å².